The maximum Gasteiger partial charge on any atom is 0.215 e. The lowest BCUT2D eigenvalue weighted by molar-refractivity contribution is 0.102. The van der Waals surface area contributed by atoms with Gasteiger partial charge in [0.15, 0.2) is 0 Å². The quantitative estimate of drug-likeness (QED) is 0.810. The molecule has 0 bridgehead atoms. The van der Waals surface area contributed by atoms with E-state index in [-0.39, 0.29) is 17.8 Å². The number of rotatable bonds is 5. The molecule has 0 radical (unpaired) electrons. The number of pyridine rings is 1. The molecule has 0 spiro atoms. The van der Waals surface area contributed by atoms with Crippen LogP contribution in [0, 0.1) is 5.92 Å². The van der Waals surface area contributed by atoms with Crippen molar-refractivity contribution in [3.8, 4) is 0 Å². The van der Waals surface area contributed by atoms with E-state index in [0.29, 0.717) is 23.7 Å². The molecule has 2 atom stereocenters. The predicted molar refractivity (Wildman–Crippen MR) is 77.8 cm³/mol. The van der Waals surface area contributed by atoms with Gasteiger partial charge in [-0.2, -0.15) is 0 Å². The fraction of sp³-hybridized carbons (Fsp3) is 0.615. The van der Waals surface area contributed by atoms with Crippen LogP contribution in [0.15, 0.2) is 18.3 Å². The summed E-state index contributed by atoms with van der Waals surface area (Å²) in [6.07, 6.45) is 4.58. The van der Waals surface area contributed by atoms with Crippen molar-refractivity contribution >= 4 is 21.6 Å². The Labute approximate surface area is 124 Å². The Morgan fingerprint density at radius 1 is 1.40 bits per heavy atom. The second-order valence-corrected chi connectivity index (χ2v) is 7.48. The van der Waals surface area contributed by atoms with E-state index in [0.717, 1.165) is 19.3 Å². The Hall–Kier alpha value is -0.690. The Balaban J connectivity index is 1.86. The second-order valence-electron chi connectivity index (χ2n) is 5.28. The molecule has 0 aromatic carbocycles. The first-order valence-corrected chi connectivity index (χ1v) is 8.73. The molecule has 5 nitrogen and oxygen atoms in total. The van der Waals surface area contributed by atoms with E-state index in [1.165, 1.54) is 6.20 Å². The summed E-state index contributed by atoms with van der Waals surface area (Å²) in [5.41, 5.74) is 0.602. The Bertz CT molecular complexity index is 533. The number of halogens is 1. The van der Waals surface area contributed by atoms with E-state index in [4.69, 9.17) is 11.6 Å². The standard InChI is InChI=1S/C13H19ClN2O3S/c14-13-5-4-11(7-15-13)9-20(18,19)16-8-10-2-1-3-12(17)6-10/h4-5,7,10,12,16-17H,1-3,6,8-9H2. The first-order chi connectivity index (χ1) is 9.44. The minimum atomic E-state index is -3.38. The lowest BCUT2D eigenvalue weighted by Gasteiger charge is -2.25. The van der Waals surface area contributed by atoms with E-state index in [1.54, 1.807) is 12.1 Å². The third kappa shape index (κ3) is 5.01. The fourth-order valence-corrected chi connectivity index (χ4v) is 3.77. The Kier molecular flexibility index (Phi) is 5.37. The number of aromatic nitrogens is 1. The smallest absolute Gasteiger partial charge is 0.215 e. The van der Waals surface area contributed by atoms with Crippen molar-refractivity contribution in [3.63, 3.8) is 0 Å². The number of sulfonamides is 1. The molecule has 7 heteroatoms. The average molecular weight is 319 g/mol. The normalized spacial score (nSPS) is 23.7. The summed E-state index contributed by atoms with van der Waals surface area (Å²) in [4.78, 5) is 3.86. The van der Waals surface area contributed by atoms with E-state index in [9.17, 15) is 13.5 Å². The van der Waals surface area contributed by atoms with Gasteiger partial charge >= 0.3 is 0 Å². The highest BCUT2D eigenvalue weighted by molar-refractivity contribution is 7.88. The van der Waals surface area contributed by atoms with Crippen LogP contribution in [0.2, 0.25) is 5.15 Å². The third-order valence-corrected chi connectivity index (χ3v) is 5.04. The van der Waals surface area contributed by atoms with Crippen LogP contribution in [0.3, 0.4) is 0 Å². The van der Waals surface area contributed by atoms with Gasteiger partial charge in [0.2, 0.25) is 10.0 Å². The van der Waals surface area contributed by atoms with Gasteiger partial charge in [0.25, 0.3) is 0 Å². The molecule has 2 rings (SSSR count). The van der Waals surface area contributed by atoms with Gasteiger partial charge in [0, 0.05) is 12.7 Å². The molecule has 0 aliphatic heterocycles. The van der Waals surface area contributed by atoms with E-state index >= 15 is 0 Å². The minimum Gasteiger partial charge on any atom is -0.393 e. The summed E-state index contributed by atoms with van der Waals surface area (Å²) in [6.45, 7) is 0.389. The van der Waals surface area contributed by atoms with Gasteiger partial charge in [-0.3, -0.25) is 0 Å². The predicted octanol–water partition coefficient (Wildman–Crippen LogP) is 1.71. The molecule has 0 saturated heterocycles. The molecule has 1 saturated carbocycles. The van der Waals surface area contributed by atoms with Gasteiger partial charge in [0.1, 0.15) is 5.15 Å². The summed E-state index contributed by atoms with van der Waals surface area (Å²) < 4.78 is 26.6. The molecular weight excluding hydrogens is 300 g/mol. The van der Waals surface area contributed by atoms with Crippen molar-refractivity contribution in [2.75, 3.05) is 6.54 Å². The van der Waals surface area contributed by atoms with Gasteiger partial charge in [0.05, 0.1) is 11.9 Å². The van der Waals surface area contributed by atoms with Crippen LogP contribution in [0.5, 0.6) is 0 Å². The highest BCUT2D eigenvalue weighted by Crippen LogP contribution is 2.23. The molecule has 20 heavy (non-hydrogen) atoms. The van der Waals surface area contributed by atoms with Crippen LogP contribution in [-0.2, 0) is 15.8 Å². The molecule has 1 aromatic rings. The van der Waals surface area contributed by atoms with Crippen molar-refractivity contribution in [1.82, 2.24) is 9.71 Å². The van der Waals surface area contributed by atoms with Crippen LogP contribution >= 0.6 is 11.6 Å². The number of nitrogens with one attached hydrogen (secondary N) is 1. The van der Waals surface area contributed by atoms with Gasteiger partial charge < -0.3 is 5.11 Å². The molecule has 1 aliphatic carbocycles. The monoisotopic (exact) mass is 318 g/mol. The summed E-state index contributed by atoms with van der Waals surface area (Å²) in [6, 6.07) is 3.23. The van der Waals surface area contributed by atoms with Crippen molar-refractivity contribution in [2.24, 2.45) is 5.92 Å². The molecule has 1 aliphatic rings. The first-order valence-electron chi connectivity index (χ1n) is 6.70. The summed E-state index contributed by atoms with van der Waals surface area (Å²) in [7, 11) is -3.38. The summed E-state index contributed by atoms with van der Waals surface area (Å²) in [5.74, 6) is 0.115. The summed E-state index contributed by atoms with van der Waals surface area (Å²) in [5, 5.41) is 9.92. The molecule has 2 N–H and O–H groups in total. The number of aliphatic hydroxyl groups is 1. The molecule has 2 unspecified atom stereocenters. The van der Waals surface area contributed by atoms with Crippen LogP contribution in [0.1, 0.15) is 31.2 Å². The molecule has 1 heterocycles. The van der Waals surface area contributed by atoms with Crippen LogP contribution in [0.4, 0.5) is 0 Å². The number of nitrogens with zero attached hydrogens (tertiary/aromatic N) is 1. The zero-order valence-corrected chi connectivity index (χ0v) is 12.7. The molecule has 112 valence electrons. The lowest BCUT2D eigenvalue weighted by atomic mass is 9.87. The molecule has 1 fully saturated rings. The van der Waals surface area contributed by atoms with Gasteiger partial charge in [-0.1, -0.05) is 24.1 Å². The van der Waals surface area contributed by atoms with Gasteiger partial charge in [-0.05, 0) is 36.8 Å². The van der Waals surface area contributed by atoms with E-state index < -0.39 is 10.0 Å². The SMILES string of the molecule is O=S(=O)(Cc1ccc(Cl)nc1)NCC1CCCC(O)C1. The topological polar surface area (TPSA) is 79.3 Å². The van der Waals surface area contributed by atoms with Crippen LogP contribution in [0.25, 0.3) is 0 Å². The third-order valence-electron chi connectivity index (χ3n) is 3.49. The number of hydrogen-bond donors (Lipinski definition) is 2. The Morgan fingerprint density at radius 2 is 2.20 bits per heavy atom. The minimum absolute atomic E-state index is 0.105. The Morgan fingerprint density at radius 3 is 2.85 bits per heavy atom. The zero-order valence-electron chi connectivity index (χ0n) is 11.1. The van der Waals surface area contributed by atoms with E-state index in [2.05, 4.69) is 9.71 Å². The highest BCUT2D eigenvalue weighted by Gasteiger charge is 2.22. The van der Waals surface area contributed by atoms with Crippen molar-refractivity contribution < 1.29 is 13.5 Å². The second kappa shape index (κ2) is 6.85. The van der Waals surface area contributed by atoms with Crippen molar-refractivity contribution in [3.05, 3.63) is 29.0 Å². The molecule has 1 aromatic heterocycles. The number of aliphatic hydroxyl groups excluding tert-OH is 1. The largest absolute Gasteiger partial charge is 0.393 e. The number of hydrogen-bond acceptors (Lipinski definition) is 4. The molecular formula is C13H19ClN2O3S. The van der Waals surface area contributed by atoms with Gasteiger partial charge in [-0.25, -0.2) is 18.1 Å². The first kappa shape index (κ1) is 15.7. The van der Waals surface area contributed by atoms with Crippen molar-refractivity contribution in [1.29, 1.82) is 0 Å². The lowest BCUT2D eigenvalue weighted by Crippen LogP contribution is -2.33. The van der Waals surface area contributed by atoms with Gasteiger partial charge in [-0.15, -0.1) is 0 Å². The highest BCUT2D eigenvalue weighted by atomic mass is 35.5. The molecule has 0 amide bonds. The zero-order chi connectivity index (χ0) is 14.6. The summed E-state index contributed by atoms with van der Waals surface area (Å²) >= 11 is 5.66. The van der Waals surface area contributed by atoms with E-state index in [1.807, 2.05) is 0 Å². The average Bonchev–Trinajstić information content (AvgIpc) is 2.39. The maximum atomic E-state index is 12.0. The fourth-order valence-electron chi connectivity index (χ4n) is 2.46. The van der Waals surface area contributed by atoms with Crippen LogP contribution in [-0.4, -0.2) is 31.2 Å². The van der Waals surface area contributed by atoms with Crippen LogP contribution < -0.4 is 4.72 Å². The maximum absolute atomic E-state index is 12.0. The van der Waals surface area contributed by atoms with Crippen molar-refractivity contribution in [2.45, 2.75) is 37.5 Å².